The van der Waals surface area contributed by atoms with Gasteiger partial charge in [0.1, 0.15) is 0 Å². The van der Waals surface area contributed by atoms with Gasteiger partial charge in [0.2, 0.25) is 15.9 Å². The van der Waals surface area contributed by atoms with Crippen molar-refractivity contribution in [1.82, 2.24) is 24.1 Å². The van der Waals surface area contributed by atoms with E-state index < -0.39 is 10.0 Å². The third kappa shape index (κ3) is 5.12. The molecule has 0 fully saturated rings. The molecule has 1 aromatic carbocycles. The van der Waals surface area contributed by atoms with Crippen LogP contribution in [0.15, 0.2) is 52.8 Å². The predicted molar refractivity (Wildman–Crippen MR) is 120 cm³/mol. The Morgan fingerprint density at radius 1 is 1.16 bits per heavy atom. The highest BCUT2D eigenvalue weighted by atomic mass is 32.2. The van der Waals surface area contributed by atoms with Crippen LogP contribution in [0.5, 0.6) is 0 Å². The van der Waals surface area contributed by atoms with E-state index in [-0.39, 0.29) is 16.6 Å². The maximum Gasteiger partial charge on any atom is 0.242 e. The smallest absolute Gasteiger partial charge is 0.242 e. The van der Waals surface area contributed by atoms with E-state index in [9.17, 15) is 13.2 Å². The monoisotopic (exact) mass is 460 g/mol. The minimum absolute atomic E-state index is 0.110. The molecule has 1 N–H and O–H groups in total. The first-order chi connectivity index (χ1) is 14.7. The Kier molecular flexibility index (Phi) is 7.08. The minimum Gasteiger partial charge on any atom is -0.325 e. The molecule has 164 valence electrons. The number of rotatable bonds is 8. The molecule has 0 spiro atoms. The maximum absolute atomic E-state index is 12.6. The van der Waals surface area contributed by atoms with Gasteiger partial charge in [-0.3, -0.25) is 9.78 Å². The Balaban J connectivity index is 1.72. The fourth-order valence-corrected chi connectivity index (χ4v) is 4.55. The average molecular weight is 461 g/mol. The lowest BCUT2D eigenvalue weighted by atomic mass is 10.2. The van der Waals surface area contributed by atoms with Crippen molar-refractivity contribution in [3.63, 3.8) is 0 Å². The van der Waals surface area contributed by atoms with Crippen molar-refractivity contribution in [3.8, 4) is 11.4 Å². The predicted octanol–water partition coefficient (Wildman–Crippen LogP) is 2.65. The molecule has 3 rings (SSSR count). The number of hydrogen-bond acceptors (Lipinski definition) is 7. The molecule has 0 radical (unpaired) electrons. The number of nitrogens with zero attached hydrogens (tertiary/aromatic N) is 5. The Hall–Kier alpha value is -2.76. The molecule has 0 aliphatic carbocycles. The van der Waals surface area contributed by atoms with E-state index in [4.69, 9.17) is 0 Å². The third-order valence-corrected chi connectivity index (χ3v) is 7.34. The van der Waals surface area contributed by atoms with Gasteiger partial charge in [-0.15, -0.1) is 10.2 Å². The Morgan fingerprint density at radius 3 is 2.52 bits per heavy atom. The average Bonchev–Trinajstić information content (AvgIpc) is 3.17. The molecular formula is C20H24N6O3S2. The molecule has 0 bridgehead atoms. The number of anilines is 1. The largest absolute Gasteiger partial charge is 0.325 e. The number of aryl methyl sites for hydroxylation is 1. The summed E-state index contributed by atoms with van der Waals surface area (Å²) in [6.07, 6.45) is 3.38. The molecule has 2 aromatic heterocycles. The molecule has 0 saturated heterocycles. The van der Waals surface area contributed by atoms with Crippen LogP contribution < -0.4 is 5.32 Å². The molecule has 0 atom stereocenters. The first kappa shape index (κ1) is 22.9. The molecule has 9 nitrogen and oxygen atoms in total. The molecule has 0 aliphatic rings. The number of nitrogens with one attached hydrogen (secondary N) is 1. The van der Waals surface area contributed by atoms with Crippen LogP contribution >= 0.6 is 11.8 Å². The van der Waals surface area contributed by atoms with Crippen molar-refractivity contribution in [2.75, 3.05) is 25.2 Å². The lowest BCUT2D eigenvalue weighted by Crippen LogP contribution is -2.22. The summed E-state index contributed by atoms with van der Waals surface area (Å²) in [6.45, 7) is 4.44. The normalized spacial score (nSPS) is 11.6. The molecule has 0 saturated carbocycles. The van der Waals surface area contributed by atoms with Crippen LogP contribution in [0.25, 0.3) is 11.4 Å². The summed E-state index contributed by atoms with van der Waals surface area (Å²) in [4.78, 5) is 16.7. The van der Waals surface area contributed by atoms with Crippen molar-refractivity contribution < 1.29 is 13.2 Å². The number of benzene rings is 1. The van der Waals surface area contributed by atoms with Crippen LogP contribution in [0.2, 0.25) is 0 Å². The second kappa shape index (κ2) is 9.58. The zero-order valence-electron chi connectivity index (χ0n) is 17.7. The number of thioether (sulfide) groups is 1. The molecule has 3 aromatic rings. The van der Waals surface area contributed by atoms with E-state index in [0.717, 1.165) is 15.4 Å². The van der Waals surface area contributed by atoms with Gasteiger partial charge >= 0.3 is 0 Å². The van der Waals surface area contributed by atoms with Gasteiger partial charge < -0.3 is 9.88 Å². The van der Waals surface area contributed by atoms with Crippen molar-refractivity contribution in [3.05, 3.63) is 48.3 Å². The summed E-state index contributed by atoms with van der Waals surface area (Å²) in [7, 11) is -0.656. The van der Waals surface area contributed by atoms with E-state index in [1.54, 1.807) is 18.5 Å². The second-order valence-corrected chi connectivity index (χ2v) is 9.98. The van der Waals surface area contributed by atoms with Gasteiger partial charge in [0.15, 0.2) is 11.0 Å². The van der Waals surface area contributed by atoms with E-state index >= 15 is 0 Å². The quantitative estimate of drug-likeness (QED) is 0.515. The Bertz CT molecular complexity index is 1180. The van der Waals surface area contributed by atoms with Crippen LogP contribution in [-0.2, 0) is 21.4 Å². The van der Waals surface area contributed by atoms with Gasteiger partial charge in [0, 0.05) is 44.3 Å². The summed E-state index contributed by atoms with van der Waals surface area (Å²) < 4.78 is 27.8. The number of amides is 1. The standard InChI is InChI=1S/C20H24N6O3S2/c1-5-26-19(15-8-10-21-11-9-15)23-24-20(26)30-13-18(27)22-17-12-16(7-6-14(17)2)31(28,29)25(3)4/h6-12H,5,13H2,1-4H3,(H,22,27). The molecule has 0 aliphatic heterocycles. The second-order valence-electron chi connectivity index (χ2n) is 6.89. The molecule has 1 amide bonds. The zero-order chi connectivity index (χ0) is 22.6. The number of carbonyl (C=O) groups is 1. The van der Waals surface area contributed by atoms with Crippen molar-refractivity contribution in [1.29, 1.82) is 0 Å². The van der Waals surface area contributed by atoms with E-state index in [1.165, 1.54) is 38.0 Å². The van der Waals surface area contributed by atoms with Crippen LogP contribution in [0.1, 0.15) is 12.5 Å². The van der Waals surface area contributed by atoms with E-state index in [2.05, 4.69) is 20.5 Å². The molecular weight excluding hydrogens is 436 g/mol. The highest BCUT2D eigenvalue weighted by Gasteiger charge is 2.19. The number of pyridine rings is 1. The summed E-state index contributed by atoms with van der Waals surface area (Å²) in [5.74, 6) is 0.562. The fraction of sp³-hybridized carbons (Fsp3) is 0.300. The summed E-state index contributed by atoms with van der Waals surface area (Å²) in [5, 5.41) is 11.9. The molecule has 2 heterocycles. The van der Waals surface area contributed by atoms with Gasteiger partial charge in [0.05, 0.1) is 10.6 Å². The summed E-state index contributed by atoms with van der Waals surface area (Å²) in [5.41, 5.74) is 2.13. The molecule has 0 unspecified atom stereocenters. The zero-order valence-corrected chi connectivity index (χ0v) is 19.4. The highest BCUT2D eigenvalue weighted by molar-refractivity contribution is 7.99. The van der Waals surface area contributed by atoms with Crippen LogP contribution in [-0.4, -0.2) is 58.2 Å². The van der Waals surface area contributed by atoms with Crippen molar-refractivity contribution >= 4 is 33.4 Å². The van der Waals surface area contributed by atoms with Crippen LogP contribution in [0.3, 0.4) is 0 Å². The van der Waals surface area contributed by atoms with Gasteiger partial charge in [-0.05, 0) is 43.7 Å². The van der Waals surface area contributed by atoms with Gasteiger partial charge in [0.25, 0.3) is 0 Å². The first-order valence-electron chi connectivity index (χ1n) is 9.53. The molecule has 11 heteroatoms. The van der Waals surface area contributed by atoms with Gasteiger partial charge in [-0.25, -0.2) is 12.7 Å². The SMILES string of the molecule is CCn1c(SCC(=O)Nc2cc(S(=O)(=O)N(C)C)ccc2C)nnc1-c1ccncc1. The lowest BCUT2D eigenvalue weighted by molar-refractivity contribution is -0.113. The van der Waals surface area contributed by atoms with E-state index in [1.807, 2.05) is 30.5 Å². The van der Waals surface area contributed by atoms with Crippen LogP contribution in [0, 0.1) is 6.92 Å². The summed E-state index contributed by atoms with van der Waals surface area (Å²) >= 11 is 1.27. The summed E-state index contributed by atoms with van der Waals surface area (Å²) in [6, 6.07) is 8.39. The minimum atomic E-state index is -3.59. The lowest BCUT2D eigenvalue weighted by Gasteiger charge is -2.14. The molecule has 31 heavy (non-hydrogen) atoms. The van der Waals surface area contributed by atoms with Gasteiger partial charge in [-0.1, -0.05) is 17.8 Å². The van der Waals surface area contributed by atoms with Crippen molar-refractivity contribution in [2.45, 2.75) is 30.4 Å². The van der Waals surface area contributed by atoms with E-state index in [0.29, 0.717) is 23.2 Å². The first-order valence-corrected chi connectivity index (χ1v) is 12.0. The number of hydrogen-bond donors (Lipinski definition) is 1. The topological polar surface area (TPSA) is 110 Å². The maximum atomic E-state index is 12.6. The number of carbonyl (C=O) groups excluding carboxylic acids is 1. The Labute approximate surface area is 186 Å². The number of sulfonamides is 1. The van der Waals surface area contributed by atoms with Gasteiger partial charge in [-0.2, -0.15) is 0 Å². The number of aromatic nitrogens is 4. The Morgan fingerprint density at radius 2 is 1.87 bits per heavy atom. The fourth-order valence-electron chi connectivity index (χ4n) is 2.82. The third-order valence-electron chi connectivity index (χ3n) is 4.57. The van der Waals surface area contributed by atoms with Crippen molar-refractivity contribution in [2.24, 2.45) is 0 Å². The highest BCUT2D eigenvalue weighted by Crippen LogP contribution is 2.25. The van der Waals surface area contributed by atoms with Crippen LogP contribution in [0.4, 0.5) is 5.69 Å².